The van der Waals surface area contributed by atoms with E-state index in [9.17, 15) is 8.78 Å². The lowest BCUT2D eigenvalue weighted by Crippen LogP contribution is -2.38. The summed E-state index contributed by atoms with van der Waals surface area (Å²) in [5, 5.41) is 10.8. The lowest BCUT2D eigenvalue weighted by Gasteiger charge is -2.20. The summed E-state index contributed by atoms with van der Waals surface area (Å²) in [6, 6.07) is 6.69. The number of benzene rings is 1. The van der Waals surface area contributed by atoms with Crippen LogP contribution in [0.2, 0.25) is 0 Å². The minimum absolute atomic E-state index is 0.0454. The first-order chi connectivity index (χ1) is 16.2. The standard InChI is InChI=1S/C24H27F2N7O/c1-15(17-7-6-16(25)12-19(17)26)30-21-13-20(18-14-29-33-10-5-8-27-22(18)33)31-23(32-21)34-11-9-28-24(2,3)4/h5-8,10,12-15,28H,9,11H2,1-4H3,(H,30,31,32)/t15-/m0/s1. The zero-order valence-electron chi connectivity index (χ0n) is 19.5. The summed E-state index contributed by atoms with van der Waals surface area (Å²) in [6.07, 6.45) is 5.14. The number of anilines is 1. The number of ether oxygens (including phenoxy) is 1. The van der Waals surface area contributed by atoms with E-state index in [2.05, 4.69) is 51.5 Å². The Morgan fingerprint density at radius 1 is 1.15 bits per heavy atom. The van der Waals surface area contributed by atoms with Gasteiger partial charge in [0.1, 0.15) is 24.1 Å². The molecule has 0 spiro atoms. The number of aromatic nitrogens is 5. The van der Waals surface area contributed by atoms with Gasteiger partial charge < -0.3 is 15.4 Å². The molecule has 0 amide bonds. The summed E-state index contributed by atoms with van der Waals surface area (Å²) in [5.74, 6) is -0.834. The number of halogens is 2. The van der Waals surface area contributed by atoms with Crippen LogP contribution in [0.25, 0.3) is 16.9 Å². The van der Waals surface area contributed by atoms with Crippen molar-refractivity contribution in [3.8, 4) is 17.3 Å². The molecule has 0 unspecified atom stereocenters. The Hall–Kier alpha value is -3.66. The summed E-state index contributed by atoms with van der Waals surface area (Å²) in [4.78, 5) is 13.4. The van der Waals surface area contributed by atoms with Crippen LogP contribution in [0.1, 0.15) is 39.3 Å². The van der Waals surface area contributed by atoms with Crippen LogP contribution in [-0.2, 0) is 0 Å². The molecule has 4 rings (SSSR count). The van der Waals surface area contributed by atoms with Gasteiger partial charge in [-0.05, 0) is 39.8 Å². The molecule has 0 aliphatic heterocycles. The van der Waals surface area contributed by atoms with Crippen molar-refractivity contribution >= 4 is 11.5 Å². The minimum atomic E-state index is -0.633. The second-order valence-electron chi connectivity index (χ2n) is 8.92. The Morgan fingerprint density at radius 3 is 2.74 bits per heavy atom. The van der Waals surface area contributed by atoms with Crippen molar-refractivity contribution in [2.45, 2.75) is 39.3 Å². The topological polar surface area (TPSA) is 89.3 Å². The third-order valence-electron chi connectivity index (χ3n) is 5.04. The van der Waals surface area contributed by atoms with Gasteiger partial charge in [0.15, 0.2) is 5.65 Å². The molecule has 34 heavy (non-hydrogen) atoms. The van der Waals surface area contributed by atoms with Gasteiger partial charge in [-0.1, -0.05) is 6.07 Å². The Bertz CT molecular complexity index is 1290. The highest BCUT2D eigenvalue weighted by Gasteiger charge is 2.17. The molecule has 0 fully saturated rings. The van der Waals surface area contributed by atoms with Crippen molar-refractivity contribution in [2.75, 3.05) is 18.5 Å². The maximum Gasteiger partial charge on any atom is 0.318 e. The summed E-state index contributed by atoms with van der Waals surface area (Å²) in [6.45, 7) is 8.94. The monoisotopic (exact) mass is 467 g/mol. The highest BCUT2D eigenvalue weighted by molar-refractivity contribution is 5.75. The maximum atomic E-state index is 14.3. The molecule has 1 aromatic carbocycles. The van der Waals surface area contributed by atoms with E-state index in [1.54, 1.807) is 42.2 Å². The number of nitrogens with zero attached hydrogens (tertiary/aromatic N) is 5. The summed E-state index contributed by atoms with van der Waals surface area (Å²) >= 11 is 0. The first-order valence-corrected chi connectivity index (χ1v) is 11.0. The first kappa shape index (κ1) is 23.5. The van der Waals surface area contributed by atoms with E-state index in [0.29, 0.717) is 41.4 Å². The van der Waals surface area contributed by atoms with Crippen molar-refractivity contribution in [1.29, 1.82) is 0 Å². The smallest absolute Gasteiger partial charge is 0.318 e. The van der Waals surface area contributed by atoms with E-state index >= 15 is 0 Å². The number of hydrogen-bond donors (Lipinski definition) is 2. The highest BCUT2D eigenvalue weighted by Crippen LogP contribution is 2.28. The molecular formula is C24H27F2N7O. The fraction of sp³-hybridized carbons (Fsp3) is 0.333. The van der Waals surface area contributed by atoms with E-state index in [4.69, 9.17) is 4.74 Å². The van der Waals surface area contributed by atoms with Crippen molar-refractivity contribution in [3.63, 3.8) is 0 Å². The number of nitrogens with one attached hydrogen (secondary N) is 2. The van der Waals surface area contributed by atoms with E-state index < -0.39 is 17.7 Å². The predicted molar refractivity (Wildman–Crippen MR) is 126 cm³/mol. The predicted octanol–water partition coefficient (Wildman–Crippen LogP) is 4.40. The molecule has 0 aliphatic carbocycles. The molecular weight excluding hydrogens is 440 g/mol. The van der Waals surface area contributed by atoms with Crippen LogP contribution in [0.3, 0.4) is 0 Å². The van der Waals surface area contributed by atoms with Gasteiger partial charge >= 0.3 is 6.01 Å². The minimum Gasteiger partial charge on any atom is -0.462 e. The zero-order valence-corrected chi connectivity index (χ0v) is 19.5. The van der Waals surface area contributed by atoms with Crippen LogP contribution >= 0.6 is 0 Å². The highest BCUT2D eigenvalue weighted by atomic mass is 19.1. The lowest BCUT2D eigenvalue weighted by molar-refractivity contribution is 0.272. The number of hydrogen-bond acceptors (Lipinski definition) is 7. The zero-order chi connectivity index (χ0) is 24.3. The largest absolute Gasteiger partial charge is 0.462 e. The molecule has 1 atom stereocenters. The Kier molecular flexibility index (Phi) is 6.69. The molecule has 3 heterocycles. The molecule has 0 radical (unpaired) electrons. The molecule has 0 saturated carbocycles. The molecule has 4 aromatic rings. The van der Waals surface area contributed by atoms with Gasteiger partial charge in [-0.2, -0.15) is 15.1 Å². The average molecular weight is 468 g/mol. The van der Waals surface area contributed by atoms with Crippen LogP contribution in [-0.4, -0.2) is 43.3 Å². The molecule has 0 saturated heterocycles. The van der Waals surface area contributed by atoms with Gasteiger partial charge in [-0.3, -0.25) is 0 Å². The third-order valence-corrected chi connectivity index (χ3v) is 5.04. The molecule has 0 bridgehead atoms. The number of fused-ring (bicyclic) bond motifs is 1. The van der Waals surface area contributed by atoms with E-state index in [1.165, 1.54) is 12.1 Å². The van der Waals surface area contributed by atoms with Crippen molar-refractivity contribution in [2.24, 2.45) is 0 Å². The van der Waals surface area contributed by atoms with Crippen LogP contribution < -0.4 is 15.4 Å². The SMILES string of the molecule is C[C@H](Nc1cc(-c2cnn3cccnc23)nc(OCCNC(C)(C)C)n1)c1ccc(F)cc1F. The fourth-order valence-corrected chi connectivity index (χ4v) is 3.43. The average Bonchev–Trinajstić information content (AvgIpc) is 3.20. The van der Waals surface area contributed by atoms with Crippen molar-refractivity contribution in [3.05, 3.63) is 66.1 Å². The molecule has 2 N–H and O–H groups in total. The van der Waals surface area contributed by atoms with Gasteiger partial charge in [-0.15, -0.1) is 0 Å². The van der Waals surface area contributed by atoms with Crippen molar-refractivity contribution < 1.29 is 13.5 Å². The molecule has 10 heteroatoms. The Morgan fingerprint density at radius 2 is 1.97 bits per heavy atom. The Labute approximate surface area is 196 Å². The van der Waals surface area contributed by atoms with Gasteiger partial charge in [0.05, 0.1) is 23.5 Å². The lowest BCUT2D eigenvalue weighted by atomic mass is 10.1. The fourth-order valence-electron chi connectivity index (χ4n) is 3.43. The number of rotatable bonds is 8. The van der Waals surface area contributed by atoms with Crippen LogP contribution in [0, 0.1) is 11.6 Å². The molecule has 3 aromatic heterocycles. The van der Waals surface area contributed by atoms with Gasteiger partial charge in [0.2, 0.25) is 0 Å². The van der Waals surface area contributed by atoms with Crippen LogP contribution in [0.5, 0.6) is 6.01 Å². The second-order valence-corrected chi connectivity index (χ2v) is 8.92. The van der Waals surface area contributed by atoms with E-state index in [-0.39, 0.29) is 11.5 Å². The van der Waals surface area contributed by atoms with Gasteiger partial charge in [0.25, 0.3) is 0 Å². The summed E-state index contributed by atoms with van der Waals surface area (Å²) in [7, 11) is 0. The maximum absolute atomic E-state index is 14.3. The van der Waals surface area contributed by atoms with E-state index in [0.717, 1.165) is 6.07 Å². The molecule has 0 aliphatic rings. The van der Waals surface area contributed by atoms with E-state index in [1.807, 2.05) is 0 Å². The first-order valence-electron chi connectivity index (χ1n) is 11.0. The summed E-state index contributed by atoms with van der Waals surface area (Å²) < 4.78 is 35.1. The van der Waals surface area contributed by atoms with Crippen LogP contribution in [0.4, 0.5) is 14.6 Å². The second kappa shape index (κ2) is 9.68. The molecule has 178 valence electrons. The summed E-state index contributed by atoms with van der Waals surface area (Å²) in [5.41, 5.74) is 2.15. The Balaban J connectivity index is 1.63. The van der Waals surface area contributed by atoms with Crippen molar-refractivity contribution in [1.82, 2.24) is 29.9 Å². The molecule has 8 nitrogen and oxygen atoms in total. The van der Waals surface area contributed by atoms with Gasteiger partial charge in [-0.25, -0.2) is 18.3 Å². The third kappa shape index (κ3) is 5.63. The quantitative estimate of drug-likeness (QED) is 0.371. The normalized spacial score (nSPS) is 12.6. The van der Waals surface area contributed by atoms with Crippen LogP contribution in [0.15, 0.2) is 48.9 Å². The van der Waals surface area contributed by atoms with Gasteiger partial charge in [0, 0.05) is 42.2 Å².